The van der Waals surface area contributed by atoms with Gasteiger partial charge in [0.15, 0.2) is 0 Å². The van der Waals surface area contributed by atoms with E-state index in [1.807, 2.05) is 18.2 Å². The summed E-state index contributed by atoms with van der Waals surface area (Å²) in [5.41, 5.74) is -0.119. The summed E-state index contributed by atoms with van der Waals surface area (Å²) in [6, 6.07) is 10.2. The molecule has 0 bridgehead atoms. The van der Waals surface area contributed by atoms with Gasteiger partial charge in [0.25, 0.3) is 0 Å². The lowest BCUT2D eigenvalue weighted by Gasteiger charge is -2.39. The minimum atomic E-state index is -0.119. The molecule has 0 radical (unpaired) electrons. The van der Waals surface area contributed by atoms with Gasteiger partial charge in [-0.05, 0) is 31.4 Å². The summed E-state index contributed by atoms with van der Waals surface area (Å²) in [5.74, 6) is 1.40. The zero-order valence-corrected chi connectivity index (χ0v) is 15.5. The van der Waals surface area contributed by atoms with Crippen LogP contribution in [0.5, 0.6) is 5.75 Å². The van der Waals surface area contributed by atoms with Gasteiger partial charge in [0, 0.05) is 5.92 Å². The highest BCUT2D eigenvalue weighted by molar-refractivity contribution is 5.22. The maximum atomic E-state index is 6.48. The Bertz CT molecular complexity index is 405. The van der Waals surface area contributed by atoms with Gasteiger partial charge in [0.1, 0.15) is 11.4 Å². The van der Waals surface area contributed by atoms with Crippen molar-refractivity contribution in [2.45, 2.75) is 84.2 Å². The van der Waals surface area contributed by atoms with Crippen LogP contribution in [0.3, 0.4) is 0 Å². The number of unbranched alkanes of at least 4 members (excludes halogenated alkanes) is 5. The first-order valence-corrected chi connectivity index (χ1v) is 9.59. The molecule has 1 unspecified atom stereocenters. The average Bonchev–Trinajstić information content (AvgIpc) is 2.60. The van der Waals surface area contributed by atoms with E-state index in [2.05, 4.69) is 45.6 Å². The first kappa shape index (κ1) is 19.8. The van der Waals surface area contributed by atoms with Gasteiger partial charge in [-0.1, -0.05) is 83.6 Å². The summed E-state index contributed by atoms with van der Waals surface area (Å²) in [7, 11) is 0. The molecule has 0 aromatic heterocycles. The van der Waals surface area contributed by atoms with E-state index in [0.717, 1.165) is 18.6 Å². The highest BCUT2D eigenvalue weighted by Gasteiger charge is 2.35. The summed E-state index contributed by atoms with van der Waals surface area (Å²) < 4.78 is 6.48. The van der Waals surface area contributed by atoms with Crippen molar-refractivity contribution in [2.24, 2.45) is 5.92 Å². The number of para-hydroxylation sites is 1. The topological polar surface area (TPSA) is 9.23 Å². The van der Waals surface area contributed by atoms with E-state index in [4.69, 9.17) is 4.74 Å². The van der Waals surface area contributed by atoms with Crippen LogP contribution in [-0.4, -0.2) is 5.60 Å². The third-order valence-corrected chi connectivity index (χ3v) is 5.09. The predicted molar refractivity (Wildman–Crippen MR) is 102 cm³/mol. The predicted octanol–water partition coefficient (Wildman–Crippen LogP) is 7.18. The molecule has 0 saturated heterocycles. The van der Waals surface area contributed by atoms with Gasteiger partial charge < -0.3 is 4.74 Å². The molecular formula is C22H36O. The van der Waals surface area contributed by atoms with Crippen molar-refractivity contribution in [3.05, 3.63) is 43.0 Å². The zero-order chi connectivity index (χ0) is 17.0. The van der Waals surface area contributed by atoms with Gasteiger partial charge >= 0.3 is 0 Å². The molecule has 1 rings (SSSR count). The van der Waals surface area contributed by atoms with E-state index in [0.29, 0.717) is 5.92 Å². The van der Waals surface area contributed by atoms with Gasteiger partial charge in [-0.15, -0.1) is 6.58 Å². The van der Waals surface area contributed by atoms with Gasteiger partial charge in [0.05, 0.1) is 0 Å². The lowest BCUT2D eigenvalue weighted by molar-refractivity contribution is 0.0145. The minimum Gasteiger partial charge on any atom is -0.487 e. The quantitative estimate of drug-likeness (QED) is 0.277. The zero-order valence-electron chi connectivity index (χ0n) is 15.5. The second kappa shape index (κ2) is 11.3. The van der Waals surface area contributed by atoms with Crippen molar-refractivity contribution in [1.29, 1.82) is 0 Å². The van der Waals surface area contributed by atoms with Gasteiger partial charge in [-0.25, -0.2) is 0 Å². The van der Waals surface area contributed by atoms with Gasteiger partial charge in [-0.3, -0.25) is 0 Å². The molecule has 0 amide bonds. The molecule has 1 atom stereocenters. The summed E-state index contributed by atoms with van der Waals surface area (Å²) in [6.07, 6.45) is 13.4. The number of ether oxygens (including phenoxy) is 1. The molecule has 1 aromatic rings. The number of hydrogen-bond acceptors (Lipinski definition) is 1. The molecular weight excluding hydrogens is 280 g/mol. The standard InChI is InChI=1S/C22H36O/c1-5-9-10-11-12-14-17-20(6-2)22(7-3,8-4)23-21-18-15-13-16-19-21/h6,13,15-16,18-20H,2,5,7-12,14,17H2,1,3-4H3. The molecule has 1 nitrogen and oxygen atoms in total. The fourth-order valence-electron chi connectivity index (χ4n) is 3.46. The Balaban J connectivity index is 2.62. The van der Waals surface area contributed by atoms with Crippen molar-refractivity contribution in [3.8, 4) is 5.75 Å². The van der Waals surface area contributed by atoms with E-state index >= 15 is 0 Å². The van der Waals surface area contributed by atoms with E-state index in [1.165, 1.54) is 44.9 Å². The Morgan fingerprint density at radius 1 is 0.957 bits per heavy atom. The van der Waals surface area contributed by atoms with E-state index in [-0.39, 0.29) is 5.60 Å². The molecule has 0 heterocycles. The van der Waals surface area contributed by atoms with Crippen molar-refractivity contribution in [2.75, 3.05) is 0 Å². The fraction of sp³-hybridized carbons (Fsp3) is 0.636. The van der Waals surface area contributed by atoms with Gasteiger partial charge in [0.2, 0.25) is 0 Å². The van der Waals surface area contributed by atoms with Crippen LogP contribution < -0.4 is 4.74 Å². The van der Waals surface area contributed by atoms with Crippen LogP contribution in [0, 0.1) is 5.92 Å². The molecule has 0 N–H and O–H groups in total. The first-order valence-electron chi connectivity index (χ1n) is 9.59. The lowest BCUT2D eigenvalue weighted by Crippen LogP contribution is -2.42. The second-order valence-electron chi connectivity index (χ2n) is 6.59. The maximum absolute atomic E-state index is 6.48. The van der Waals surface area contributed by atoms with Crippen LogP contribution in [0.25, 0.3) is 0 Å². The SMILES string of the molecule is C=CC(CCCCCCCC)C(CC)(CC)Oc1ccccc1. The van der Waals surface area contributed by atoms with Crippen LogP contribution in [0.4, 0.5) is 0 Å². The Labute approximate surface area is 144 Å². The molecule has 0 spiro atoms. The van der Waals surface area contributed by atoms with E-state index in [1.54, 1.807) is 0 Å². The smallest absolute Gasteiger partial charge is 0.120 e. The fourth-order valence-corrected chi connectivity index (χ4v) is 3.46. The molecule has 1 aromatic carbocycles. The third-order valence-electron chi connectivity index (χ3n) is 5.09. The third kappa shape index (κ3) is 6.41. The highest BCUT2D eigenvalue weighted by Crippen LogP contribution is 2.35. The molecule has 23 heavy (non-hydrogen) atoms. The number of benzene rings is 1. The van der Waals surface area contributed by atoms with Crippen molar-refractivity contribution < 1.29 is 4.74 Å². The normalized spacial score (nSPS) is 12.8. The summed E-state index contributed by atoms with van der Waals surface area (Å²) >= 11 is 0. The summed E-state index contributed by atoms with van der Waals surface area (Å²) in [4.78, 5) is 0. The first-order chi connectivity index (χ1) is 11.2. The molecule has 0 saturated carbocycles. The lowest BCUT2D eigenvalue weighted by atomic mass is 9.79. The Hall–Kier alpha value is -1.24. The number of rotatable bonds is 13. The monoisotopic (exact) mass is 316 g/mol. The highest BCUT2D eigenvalue weighted by atomic mass is 16.5. The van der Waals surface area contributed by atoms with Crippen molar-refractivity contribution in [1.82, 2.24) is 0 Å². The second-order valence-corrected chi connectivity index (χ2v) is 6.59. The van der Waals surface area contributed by atoms with Crippen LogP contribution in [0.2, 0.25) is 0 Å². The van der Waals surface area contributed by atoms with Crippen LogP contribution in [0.15, 0.2) is 43.0 Å². The number of hydrogen-bond donors (Lipinski definition) is 0. The van der Waals surface area contributed by atoms with E-state index < -0.39 is 0 Å². The van der Waals surface area contributed by atoms with Gasteiger partial charge in [-0.2, -0.15) is 0 Å². The Morgan fingerprint density at radius 2 is 1.57 bits per heavy atom. The summed E-state index contributed by atoms with van der Waals surface area (Å²) in [5, 5.41) is 0. The van der Waals surface area contributed by atoms with E-state index in [9.17, 15) is 0 Å². The van der Waals surface area contributed by atoms with Crippen LogP contribution in [0.1, 0.15) is 78.6 Å². The maximum Gasteiger partial charge on any atom is 0.120 e. The molecule has 130 valence electrons. The minimum absolute atomic E-state index is 0.119. The molecule has 0 aliphatic carbocycles. The van der Waals surface area contributed by atoms with Crippen molar-refractivity contribution in [3.63, 3.8) is 0 Å². The molecule has 0 fully saturated rings. The molecule has 1 heteroatoms. The Kier molecular flexibility index (Phi) is 9.75. The van der Waals surface area contributed by atoms with Crippen LogP contribution >= 0.6 is 0 Å². The Morgan fingerprint density at radius 3 is 2.13 bits per heavy atom. The van der Waals surface area contributed by atoms with Crippen LogP contribution in [-0.2, 0) is 0 Å². The van der Waals surface area contributed by atoms with Crippen molar-refractivity contribution >= 4 is 0 Å². The molecule has 0 aliphatic heterocycles. The average molecular weight is 317 g/mol. The molecule has 0 aliphatic rings. The summed E-state index contributed by atoms with van der Waals surface area (Å²) in [6.45, 7) is 10.9. The largest absolute Gasteiger partial charge is 0.487 e.